The highest BCUT2D eigenvalue weighted by Gasteiger charge is 2.45. The molecular weight excluding hydrogens is 344 g/mol. The summed E-state index contributed by atoms with van der Waals surface area (Å²) in [4.78, 5) is 3.46. The van der Waals surface area contributed by atoms with E-state index >= 15 is 0 Å². The number of rotatable bonds is 1. The molecule has 0 fully saturated rings. The molecule has 0 aliphatic heterocycles. The molecule has 1 heterocycles. The van der Waals surface area contributed by atoms with E-state index in [0.717, 1.165) is 54.6 Å². The first-order valence-corrected chi connectivity index (χ1v) is 9.72. The number of hydrogen-bond acceptors (Lipinski definition) is 3. The van der Waals surface area contributed by atoms with E-state index in [1.807, 2.05) is 12.1 Å². The standard InChI is InChI=1S/C24H20N4/c1-25-28-23-21-15-19(22-7-4-14-26-27-22)8-9-20(21)16-24(23)12-10-17-5-2-3-6-18(17)11-13-24/h2-9,14-15H,10-13,16H2/b28-23-. The zero-order valence-electron chi connectivity index (χ0n) is 15.6. The van der Waals surface area contributed by atoms with Gasteiger partial charge in [0.1, 0.15) is 5.71 Å². The third-order valence-corrected chi connectivity index (χ3v) is 6.28. The minimum Gasteiger partial charge on any atom is -0.181 e. The summed E-state index contributed by atoms with van der Waals surface area (Å²) in [5.41, 5.74) is 8.09. The van der Waals surface area contributed by atoms with Crippen LogP contribution in [-0.4, -0.2) is 15.9 Å². The maximum atomic E-state index is 7.43. The Balaban J connectivity index is 1.56. The maximum absolute atomic E-state index is 7.43. The van der Waals surface area contributed by atoms with Gasteiger partial charge in [-0.05, 0) is 67.0 Å². The van der Waals surface area contributed by atoms with Crippen LogP contribution in [0.3, 0.4) is 0 Å². The molecule has 1 spiro atoms. The Hall–Kier alpha value is -3.32. The van der Waals surface area contributed by atoms with Gasteiger partial charge in [-0.15, -0.1) is 4.95 Å². The molecule has 0 saturated carbocycles. The topological polar surface area (TPSA) is 42.5 Å². The molecule has 0 radical (unpaired) electrons. The SMILES string of the molecule is [C-]#[N+]/N=C1/c2cc(-c3cccnn3)ccc2CC12CCc1ccccc1CC2. The fraction of sp³-hybridized carbons (Fsp3) is 0.250. The fourth-order valence-electron chi connectivity index (χ4n) is 4.84. The predicted octanol–water partition coefficient (Wildman–Crippen LogP) is 4.89. The van der Waals surface area contributed by atoms with Crippen molar-refractivity contribution in [1.82, 2.24) is 10.2 Å². The third-order valence-electron chi connectivity index (χ3n) is 6.28. The molecular formula is C24H20N4. The van der Waals surface area contributed by atoms with Crippen molar-refractivity contribution in [3.05, 3.63) is 94.6 Å². The van der Waals surface area contributed by atoms with E-state index in [9.17, 15) is 0 Å². The minimum absolute atomic E-state index is 0.0487. The van der Waals surface area contributed by atoms with Gasteiger partial charge in [-0.3, -0.25) is 0 Å². The predicted molar refractivity (Wildman–Crippen MR) is 110 cm³/mol. The number of benzene rings is 2. The molecule has 0 amide bonds. The van der Waals surface area contributed by atoms with Crippen LogP contribution in [0, 0.1) is 12.0 Å². The second kappa shape index (κ2) is 6.69. The van der Waals surface area contributed by atoms with Crippen molar-refractivity contribution in [1.29, 1.82) is 0 Å². The second-order valence-electron chi connectivity index (χ2n) is 7.76. The quantitative estimate of drug-likeness (QED) is 0.456. The Labute approximate surface area is 164 Å². The smallest absolute Gasteiger partial charge is 0.137 e. The Morgan fingerprint density at radius 3 is 2.39 bits per heavy atom. The van der Waals surface area contributed by atoms with Gasteiger partial charge in [0, 0.05) is 22.7 Å². The Morgan fingerprint density at radius 1 is 0.929 bits per heavy atom. The van der Waals surface area contributed by atoms with Gasteiger partial charge in [-0.2, -0.15) is 16.8 Å². The summed E-state index contributed by atoms with van der Waals surface area (Å²) in [5.74, 6) is 0. The van der Waals surface area contributed by atoms with Crippen molar-refractivity contribution in [3.8, 4) is 11.3 Å². The molecule has 4 heteroatoms. The van der Waals surface area contributed by atoms with Crippen LogP contribution in [0.1, 0.15) is 35.1 Å². The number of aromatic nitrogens is 2. The van der Waals surface area contributed by atoms with Crippen molar-refractivity contribution >= 4 is 5.71 Å². The molecule has 5 rings (SSSR count). The van der Waals surface area contributed by atoms with Crippen molar-refractivity contribution in [3.63, 3.8) is 0 Å². The molecule has 0 saturated heterocycles. The van der Waals surface area contributed by atoms with E-state index in [-0.39, 0.29) is 5.41 Å². The maximum Gasteiger partial charge on any atom is 0.137 e. The van der Waals surface area contributed by atoms with Crippen LogP contribution in [-0.2, 0) is 19.3 Å². The van der Waals surface area contributed by atoms with Crippen LogP contribution in [0.5, 0.6) is 0 Å². The lowest BCUT2D eigenvalue weighted by atomic mass is 9.76. The number of fused-ring (bicyclic) bond motifs is 2. The van der Waals surface area contributed by atoms with Crippen molar-refractivity contribution in [2.45, 2.75) is 32.1 Å². The Kier molecular flexibility index (Phi) is 4.02. The molecule has 2 aromatic carbocycles. The molecule has 136 valence electrons. The fourth-order valence-corrected chi connectivity index (χ4v) is 4.84. The second-order valence-corrected chi connectivity index (χ2v) is 7.76. The molecule has 0 atom stereocenters. The lowest BCUT2D eigenvalue weighted by Gasteiger charge is -2.26. The first-order valence-electron chi connectivity index (χ1n) is 9.72. The summed E-state index contributed by atoms with van der Waals surface area (Å²) in [6.45, 7) is 7.43. The van der Waals surface area contributed by atoms with Gasteiger partial charge in [0.25, 0.3) is 0 Å². The van der Waals surface area contributed by atoms with Crippen LogP contribution in [0.4, 0.5) is 0 Å². The van der Waals surface area contributed by atoms with E-state index in [2.05, 4.69) is 62.7 Å². The van der Waals surface area contributed by atoms with E-state index in [4.69, 9.17) is 6.57 Å². The van der Waals surface area contributed by atoms with Gasteiger partial charge in [-0.1, -0.05) is 36.4 Å². The van der Waals surface area contributed by atoms with Gasteiger partial charge in [0.15, 0.2) is 0 Å². The number of hydrogen-bond donors (Lipinski definition) is 0. The van der Waals surface area contributed by atoms with Crippen molar-refractivity contribution in [2.75, 3.05) is 0 Å². The highest BCUT2D eigenvalue weighted by atomic mass is 15.2. The first-order chi connectivity index (χ1) is 13.8. The summed E-state index contributed by atoms with van der Waals surface area (Å²) in [6.07, 6.45) is 6.80. The van der Waals surface area contributed by atoms with Gasteiger partial charge in [0.2, 0.25) is 0 Å². The molecule has 0 N–H and O–H groups in total. The summed E-state index contributed by atoms with van der Waals surface area (Å²) in [6, 6.07) is 19.1. The van der Waals surface area contributed by atoms with E-state index in [0.29, 0.717) is 0 Å². The normalized spacial score (nSPS) is 18.3. The van der Waals surface area contributed by atoms with Gasteiger partial charge >= 0.3 is 0 Å². The molecule has 28 heavy (non-hydrogen) atoms. The van der Waals surface area contributed by atoms with Gasteiger partial charge in [-0.25, -0.2) is 0 Å². The van der Waals surface area contributed by atoms with Crippen LogP contribution in [0.15, 0.2) is 65.9 Å². The highest BCUT2D eigenvalue weighted by molar-refractivity contribution is 6.09. The molecule has 0 unspecified atom stereocenters. The summed E-state index contributed by atoms with van der Waals surface area (Å²) in [5, 5.41) is 12.6. The van der Waals surface area contributed by atoms with Crippen LogP contribution < -0.4 is 0 Å². The van der Waals surface area contributed by atoms with Gasteiger partial charge in [0.05, 0.1) is 10.8 Å². The third kappa shape index (κ3) is 2.71. The van der Waals surface area contributed by atoms with Crippen LogP contribution in [0.25, 0.3) is 16.2 Å². The monoisotopic (exact) mass is 364 g/mol. The van der Waals surface area contributed by atoms with E-state index in [1.54, 1.807) is 6.20 Å². The summed E-state index contributed by atoms with van der Waals surface area (Å²) >= 11 is 0. The summed E-state index contributed by atoms with van der Waals surface area (Å²) in [7, 11) is 0. The van der Waals surface area contributed by atoms with Crippen molar-refractivity contribution in [2.24, 2.45) is 10.5 Å². The molecule has 2 aliphatic carbocycles. The van der Waals surface area contributed by atoms with Crippen LogP contribution in [0.2, 0.25) is 0 Å². The Bertz CT molecular complexity index is 1080. The minimum atomic E-state index is -0.0487. The van der Waals surface area contributed by atoms with Crippen LogP contribution >= 0.6 is 0 Å². The zero-order chi connectivity index (χ0) is 19.0. The lowest BCUT2D eigenvalue weighted by Crippen LogP contribution is -2.29. The molecule has 0 bridgehead atoms. The Morgan fingerprint density at radius 2 is 1.71 bits per heavy atom. The lowest BCUT2D eigenvalue weighted by molar-refractivity contribution is 0.375. The van der Waals surface area contributed by atoms with E-state index in [1.165, 1.54) is 16.7 Å². The van der Waals surface area contributed by atoms with Crippen molar-refractivity contribution < 1.29 is 0 Å². The van der Waals surface area contributed by atoms with Gasteiger partial charge < -0.3 is 0 Å². The molecule has 4 nitrogen and oxygen atoms in total. The number of nitrogens with zero attached hydrogens (tertiary/aromatic N) is 4. The molecule has 1 aromatic heterocycles. The molecule has 2 aliphatic rings. The zero-order valence-corrected chi connectivity index (χ0v) is 15.6. The number of aryl methyl sites for hydroxylation is 2. The largest absolute Gasteiger partial charge is 0.181 e. The average molecular weight is 364 g/mol. The first kappa shape index (κ1) is 16.8. The molecule has 3 aromatic rings. The highest BCUT2D eigenvalue weighted by Crippen LogP contribution is 2.47. The average Bonchev–Trinajstić information content (AvgIpc) is 2.92. The summed E-state index contributed by atoms with van der Waals surface area (Å²) < 4.78 is 0. The van der Waals surface area contributed by atoms with E-state index < -0.39 is 0 Å².